The molecule has 0 aliphatic rings. The standard InChI is InChI=1S/C25H24N6O/c1-17(2)31-24(13-22(30-31)20-6-4-3-5-7-20)32-23-12-18(14-27)8-9-21(23)25-28-15-19(10-11-26)16-29-25/h3-9,12-13,15-17H,10-11,26H2,1-2H3. The lowest BCUT2D eigenvalue weighted by atomic mass is 10.1. The number of nitriles is 1. The molecule has 0 amide bonds. The minimum absolute atomic E-state index is 0.0804. The minimum Gasteiger partial charge on any atom is -0.438 e. The monoisotopic (exact) mass is 424 g/mol. The van der Waals surface area contributed by atoms with Gasteiger partial charge in [-0.1, -0.05) is 30.3 Å². The molecular formula is C25H24N6O. The van der Waals surface area contributed by atoms with Crippen molar-refractivity contribution >= 4 is 0 Å². The van der Waals surface area contributed by atoms with E-state index in [2.05, 4.69) is 16.0 Å². The first kappa shape index (κ1) is 21.2. The summed E-state index contributed by atoms with van der Waals surface area (Å²) in [5.41, 5.74) is 9.59. The van der Waals surface area contributed by atoms with Gasteiger partial charge in [-0.25, -0.2) is 14.6 Å². The molecule has 0 aliphatic heterocycles. The summed E-state index contributed by atoms with van der Waals surface area (Å²) >= 11 is 0. The van der Waals surface area contributed by atoms with E-state index in [9.17, 15) is 5.26 Å². The average Bonchev–Trinajstić information content (AvgIpc) is 3.25. The molecule has 32 heavy (non-hydrogen) atoms. The first-order chi connectivity index (χ1) is 15.6. The van der Waals surface area contributed by atoms with Gasteiger partial charge in [0.15, 0.2) is 5.82 Å². The molecule has 160 valence electrons. The van der Waals surface area contributed by atoms with Crippen LogP contribution in [-0.4, -0.2) is 26.3 Å². The number of rotatable bonds is 7. The molecule has 2 N–H and O–H groups in total. The molecule has 2 heterocycles. The van der Waals surface area contributed by atoms with Crippen molar-refractivity contribution in [2.45, 2.75) is 26.3 Å². The van der Waals surface area contributed by atoms with Crippen molar-refractivity contribution in [3.05, 3.63) is 78.1 Å². The molecule has 7 nitrogen and oxygen atoms in total. The number of nitrogens with zero attached hydrogens (tertiary/aromatic N) is 5. The predicted molar refractivity (Wildman–Crippen MR) is 123 cm³/mol. The SMILES string of the molecule is CC(C)n1nc(-c2ccccc2)cc1Oc1cc(C#N)ccc1-c1ncc(CCN)cn1. The molecule has 7 heteroatoms. The van der Waals surface area contributed by atoms with Gasteiger partial charge in [0.1, 0.15) is 5.75 Å². The van der Waals surface area contributed by atoms with Crippen LogP contribution in [0.1, 0.15) is 31.0 Å². The van der Waals surface area contributed by atoms with Crippen molar-refractivity contribution in [2.75, 3.05) is 6.54 Å². The van der Waals surface area contributed by atoms with Gasteiger partial charge in [-0.15, -0.1) is 0 Å². The Bertz CT molecular complexity index is 1240. The summed E-state index contributed by atoms with van der Waals surface area (Å²) in [6.45, 7) is 4.62. The Morgan fingerprint density at radius 1 is 1.06 bits per heavy atom. The summed E-state index contributed by atoms with van der Waals surface area (Å²) in [5.74, 6) is 1.59. The van der Waals surface area contributed by atoms with Gasteiger partial charge in [-0.05, 0) is 50.6 Å². The van der Waals surface area contributed by atoms with E-state index in [1.54, 1.807) is 30.6 Å². The number of aromatic nitrogens is 4. The Labute approximate surface area is 187 Å². The molecule has 4 rings (SSSR count). The molecule has 0 fully saturated rings. The van der Waals surface area contributed by atoms with Gasteiger partial charge in [0, 0.05) is 24.0 Å². The smallest absolute Gasteiger partial charge is 0.218 e. The summed E-state index contributed by atoms with van der Waals surface area (Å²) < 4.78 is 8.16. The van der Waals surface area contributed by atoms with E-state index in [4.69, 9.17) is 15.6 Å². The zero-order chi connectivity index (χ0) is 22.5. The number of hydrogen-bond donors (Lipinski definition) is 1. The van der Waals surface area contributed by atoms with Crippen molar-refractivity contribution in [3.8, 4) is 40.3 Å². The summed E-state index contributed by atoms with van der Waals surface area (Å²) in [5, 5.41) is 14.2. The maximum atomic E-state index is 9.41. The summed E-state index contributed by atoms with van der Waals surface area (Å²) in [6, 6.07) is 19.3. The van der Waals surface area contributed by atoms with Crippen molar-refractivity contribution in [1.82, 2.24) is 19.7 Å². The van der Waals surface area contributed by atoms with E-state index in [1.165, 1.54) is 0 Å². The van der Waals surface area contributed by atoms with E-state index >= 15 is 0 Å². The normalized spacial score (nSPS) is 10.8. The van der Waals surface area contributed by atoms with E-state index in [-0.39, 0.29) is 6.04 Å². The van der Waals surface area contributed by atoms with Crippen LogP contribution < -0.4 is 10.5 Å². The van der Waals surface area contributed by atoms with Crippen LogP contribution in [0.5, 0.6) is 11.6 Å². The van der Waals surface area contributed by atoms with Crippen LogP contribution in [0.25, 0.3) is 22.6 Å². The quantitative estimate of drug-likeness (QED) is 0.459. The van der Waals surface area contributed by atoms with Crippen molar-refractivity contribution < 1.29 is 4.74 Å². The third kappa shape index (κ3) is 4.51. The summed E-state index contributed by atoms with van der Waals surface area (Å²) in [7, 11) is 0. The molecule has 0 unspecified atom stereocenters. The van der Waals surface area contributed by atoms with Gasteiger partial charge in [-0.3, -0.25) is 0 Å². The highest BCUT2D eigenvalue weighted by molar-refractivity contribution is 5.67. The fourth-order valence-corrected chi connectivity index (χ4v) is 3.34. The summed E-state index contributed by atoms with van der Waals surface area (Å²) in [4.78, 5) is 8.97. The maximum absolute atomic E-state index is 9.41. The van der Waals surface area contributed by atoms with Crippen molar-refractivity contribution in [3.63, 3.8) is 0 Å². The van der Waals surface area contributed by atoms with Gasteiger partial charge in [0.05, 0.1) is 28.9 Å². The molecule has 0 atom stereocenters. The second kappa shape index (κ2) is 9.41. The molecule has 0 radical (unpaired) electrons. The molecule has 4 aromatic rings. The Morgan fingerprint density at radius 2 is 1.81 bits per heavy atom. The molecule has 0 saturated heterocycles. The topological polar surface area (TPSA) is 103 Å². The van der Waals surface area contributed by atoms with Gasteiger partial charge in [0.25, 0.3) is 0 Å². The Hall–Kier alpha value is -4.02. The number of nitrogens with two attached hydrogens (primary N) is 1. The fourth-order valence-electron chi connectivity index (χ4n) is 3.34. The molecule has 0 aliphatic carbocycles. The van der Waals surface area contributed by atoms with Crippen LogP contribution in [0.4, 0.5) is 0 Å². The first-order valence-electron chi connectivity index (χ1n) is 10.5. The van der Waals surface area contributed by atoms with E-state index < -0.39 is 0 Å². The highest BCUT2D eigenvalue weighted by Crippen LogP contribution is 2.35. The lowest BCUT2D eigenvalue weighted by Crippen LogP contribution is -2.06. The van der Waals surface area contributed by atoms with Crippen LogP contribution in [0.15, 0.2) is 67.0 Å². The van der Waals surface area contributed by atoms with Crippen LogP contribution in [0, 0.1) is 11.3 Å². The Morgan fingerprint density at radius 3 is 2.47 bits per heavy atom. The zero-order valence-electron chi connectivity index (χ0n) is 18.1. The van der Waals surface area contributed by atoms with Gasteiger partial charge >= 0.3 is 0 Å². The second-order valence-electron chi connectivity index (χ2n) is 7.65. The highest BCUT2D eigenvalue weighted by atomic mass is 16.5. The number of ether oxygens (including phenoxy) is 1. The molecule has 0 spiro atoms. The molecule has 2 aromatic carbocycles. The predicted octanol–water partition coefficient (Wildman–Crippen LogP) is 4.75. The molecule has 2 aromatic heterocycles. The highest BCUT2D eigenvalue weighted by Gasteiger charge is 2.17. The minimum atomic E-state index is 0.0804. The van der Waals surface area contributed by atoms with E-state index in [0.717, 1.165) is 16.8 Å². The Kier molecular flexibility index (Phi) is 6.24. The number of hydrogen-bond acceptors (Lipinski definition) is 6. The third-order valence-electron chi connectivity index (χ3n) is 4.96. The lowest BCUT2D eigenvalue weighted by molar-refractivity contribution is 0.389. The fraction of sp³-hybridized carbons (Fsp3) is 0.200. The van der Waals surface area contributed by atoms with Gasteiger partial charge < -0.3 is 10.5 Å². The van der Waals surface area contributed by atoms with Crippen LogP contribution in [0.3, 0.4) is 0 Å². The third-order valence-corrected chi connectivity index (χ3v) is 4.96. The van der Waals surface area contributed by atoms with Crippen LogP contribution >= 0.6 is 0 Å². The van der Waals surface area contributed by atoms with E-state index in [0.29, 0.717) is 41.5 Å². The molecule has 0 bridgehead atoms. The van der Waals surface area contributed by atoms with Crippen molar-refractivity contribution in [2.24, 2.45) is 5.73 Å². The first-order valence-corrected chi connectivity index (χ1v) is 10.5. The molecule has 0 saturated carbocycles. The Balaban J connectivity index is 1.75. The van der Waals surface area contributed by atoms with Crippen molar-refractivity contribution in [1.29, 1.82) is 5.26 Å². The van der Waals surface area contributed by atoms with Crippen LogP contribution in [-0.2, 0) is 6.42 Å². The number of benzene rings is 2. The second-order valence-corrected chi connectivity index (χ2v) is 7.65. The average molecular weight is 425 g/mol. The maximum Gasteiger partial charge on any atom is 0.218 e. The zero-order valence-corrected chi connectivity index (χ0v) is 18.1. The summed E-state index contributed by atoms with van der Waals surface area (Å²) in [6.07, 6.45) is 4.25. The lowest BCUT2D eigenvalue weighted by Gasteiger charge is -2.14. The van der Waals surface area contributed by atoms with Gasteiger partial charge in [-0.2, -0.15) is 10.4 Å². The molecular weight excluding hydrogens is 400 g/mol. The van der Waals surface area contributed by atoms with Crippen LogP contribution in [0.2, 0.25) is 0 Å². The van der Waals surface area contributed by atoms with E-state index in [1.807, 2.05) is 54.9 Å². The van der Waals surface area contributed by atoms with Gasteiger partial charge in [0.2, 0.25) is 5.88 Å². The largest absolute Gasteiger partial charge is 0.438 e.